The molecule has 2 aromatic heterocycles. The Morgan fingerprint density at radius 3 is 2.70 bits per heavy atom. The van der Waals surface area contributed by atoms with Gasteiger partial charge in [0.2, 0.25) is 0 Å². The van der Waals surface area contributed by atoms with Gasteiger partial charge in [0, 0.05) is 23.3 Å². The quantitative estimate of drug-likeness (QED) is 0.875. The molecule has 1 unspecified atom stereocenters. The maximum Gasteiger partial charge on any atom is 0.0716 e. The Bertz CT molecular complexity index is 548. The van der Waals surface area contributed by atoms with Crippen molar-refractivity contribution >= 4 is 15.9 Å². The number of hydrogen-bond donors (Lipinski definition) is 1. The first-order valence-electron chi connectivity index (χ1n) is 7.05. The van der Waals surface area contributed by atoms with Crippen LogP contribution in [0.5, 0.6) is 0 Å². The molecule has 108 valence electrons. The minimum atomic E-state index is -0.143. The summed E-state index contributed by atoms with van der Waals surface area (Å²) in [6.07, 6.45) is 6.70. The minimum Gasteiger partial charge on any atom is -0.322 e. The molecule has 2 aromatic rings. The number of nitrogens with zero attached hydrogens (tertiary/aromatic N) is 3. The number of aromatic nitrogens is 3. The van der Waals surface area contributed by atoms with Crippen LogP contribution >= 0.6 is 15.9 Å². The van der Waals surface area contributed by atoms with Crippen LogP contribution in [0.15, 0.2) is 35.1 Å². The SMILES string of the molecule is CCC(CC)n1ccc(CC(N)c2ncccc2Br)n1. The number of pyridine rings is 1. The van der Waals surface area contributed by atoms with Gasteiger partial charge in [-0.1, -0.05) is 13.8 Å². The van der Waals surface area contributed by atoms with Crippen LogP contribution in [0, 0.1) is 0 Å². The lowest BCUT2D eigenvalue weighted by Gasteiger charge is -2.13. The molecule has 0 spiro atoms. The van der Waals surface area contributed by atoms with E-state index >= 15 is 0 Å². The van der Waals surface area contributed by atoms with Crippen molar-refractivity contribution in [2.24, 2.45) is 5.73 Å². The van der Waals surface area contributed by atoms with Crippen LogP contribution in [0.4, 0.5) is 0 Å². The molecule has 0 saturated carbocycles. The van der Waals surface area contributed by atoms with E-state index in [1.165, 1.54) is 0 Å². The normalized spacial score (nSPS) is 12.8. The van der Waals surface area contributed by atoms with E-state index in [9.17, 15) is 0 Å². The smallest absolute Gasteiger partial charge is 0.0716 e. The van der Waals surface area contributed by atoms with Gasteiger partial charge < -0.3 is 5.73 Å². The summed E-state index contributed by atoms with van der Waals surface area (Å²) in [6, 6.07) is 6.24. The van der Waals surface area contributed by atoms with Crippen LogP contribution in [0.3, 0.4) is 0 Å². The predicted octanol–water partition coefficient (Wildman–Crippen LogP) is 3.64. The summed E-state index contributed by atoms with van der Waals surface area (Å²) in [7, 11) is 0. The first-order valence-corrected chi connectivity index (χ1v) is 7.85. The lowest BCUT2D eigenvalue weighted by molar-refractivity contribution is 0.424. The Hall–Kier alpha value is -1.20. The third-order valence-corrected chi connectivity index (χ3v) is 4.22. The molecule has 0 saturated heterocycles. The van der Waals surface area contributed by atoms with Crippen LogP contribution < -0.4 is 5.73 Å². The summed E-state index contributed by atoms with van der Waals surface area (Å²) in [6.45, 7) is 4.37. The van der Waals surface area contributed by atoms with Crippen molar-refractivity contribution in [1.82, 2.24) is 14.8 Å². The van der Waals surface area contributed by atoms with Gasteiger partial charge in [-0.05, 0) is 47.0 Å². The maximum atomic E-state index is 6.24. The number of nitrogens with two attached hydrogens (primary N) is 1. The fourth-order valence-electron chi connectivity index (χ4n) is 2.35. The van der Waals surface area contributed by atoms with Crippen LogP contribution in [0.2, 0.25) is 0 Å². The van der Waals surface area contributed by atoms with Gasteiger partial charge in [0.1, 0.15) is 0 Å². The third kappa shape index (κ3) is 3.46. The monoisotopic (exact) mass is 336 g/mol. The van der Waals surface area contributed by atoms with Crippen molar-refractivity contribution in [3.63, 3.8) is 0 Å². The molecule has 2 N–H and O–H groups in total. The lowest BCUT2D eigenvalue weighted by atomic mass is 10.1. The topological polar surface area (TPSA) is 56.7 Å². The van der Waals surface area contributed by atoms with Crippen molar-refractivity contribution in [2.45, 2.75) is 45.2 Å². The van der Waals surface area contributed by atoms with E-state index in [2.05, 4.69) is 50.6 Å². The molecule has 2 heterocycles. The largest absolute Gasteiger partial charge is 0.322 e. The second-order valence-electron chi connectivity index (χ2n) is 4.94. The second kappa shape index (κ2) is 6.99. The molecule has 2 rings (SSSR count). The minimum absolute atomic E-state index is 0.143. The van der Waals surface area contributed by atoms with Crippen LogP contribution in [-0.4, -0.2) is 14.8 Å². The average molecular weight is 337 g/mol. The first kappa shape index (κ1) is 15.2. The molecule has 5 heteroatoms. The molecule has 0 bridgehead atoms. The van der Waals surface area contributed by atoms with E-state index in [0.717, 1.165) is 28.7 Å². The van der Waals surface area contributed by atoms with Crippen LogP contribution in [0.1, 0.15) is 50.2 Å². The van der Waals surface area contributed by atoms with E-state index in [4.69, 9.17) is 5.73 Å². The van der Waals surface area contributed by atoms with Crippen molar-refractivity contribution in [2.75, 3.05) is 0 Å². The van der Waals surface area contributed by atoms with Gasteiger partial charge in [0.15, 0.2) is 0 Å². The van der Waals surface area contributed by atoms with E-state index in [1.807, 2.05) is 18.3 Å². The number of halogens is 1. The summed E-state index contributed by atoms with van der Waals surface area (Å²) in [5, 5.41) is 4.64. The Morgan fingerprint density at radius 1 is 1.30 bits per heavy atom. The maximum absolute atomic E-state index is 6.24. The van der Waals surface area contributed by atoms with Gasteiger partial charge in [-0.3, -0.25) is 9.67 Å². The molecule has 0 aliphatic rings. The Morgan fingerprint density at radius 2 is 2.05 bits per heavy atom. The highest BCUT2D eigenvalue weighted by molar-refractivity contribution is 9.10. The Balaban J connectivity index is 2.09. The second-order valence-corrected chi connectivity index (χ2v) is 5.79. The van der Waals surface area contributed by atoms with E-state index < -0.39 is 0 Å². The summed E-state index contributed by atoms with van der Waals surface area (Å²) >= 11 is 3.49. The Kier molecular flexibility index (Phi) is 5.31. The van der Waals surface area contributed by atoms with Gasteiger partial charge in [-0.2, -0.15) is 5.10 Å². The average Bonchev–Trinajstić information content (AvgIpc) is 2.89. The molecule has 4 nitrogen and oxygen atoms in total. The van der Waals surface area contributed by atoms with Crippen molar-refractivity contribution < 1.29 is 0 Å². The molecular weight excluding hydrogens is 316 g/mol. The highest BCUT2D eigenvalue weighted by Gasteiger charge is 2.14. The van der Waals surface area contributed by atoms with Crippen molar-refractivity contribution in [3.05, 3.63) is 46.5 Å². The third-order valence-electron chi connectivity index (χ3n) is 3.55. The molecule has 0 aliphatic heterocycles. The number of rotatable bonds is 6. The van der Waals surface area contributed by atoms with Crippen molar-refractivity contribution in [3.8, 4) is 0 Å². The van der Waals surface area contributed by atoms with Gasteiger partial charge in [0.05, 0.1) is 23.5 Å². The molecule has 0 radical (unpaired) electrons. The zero-order valence-electron chi connectivity index (χ0n) is 12.0. The molecule has 1 atom stereocenters. The van der Waals surface area contributed by atoms with Crippen molar-refractivity contribution in [1.29, 1.82) is 0 Å². The summed E-state index contributed by atoms with van der Waals surface area (Å²) in [5.41, 5.74) is 8.13. The fraction of sp³-hybridized carbons (Fsp3) is 0.467. The fourth-order valence-corrected chi connectivity index (χ4v) is 2.89. The number of hydrogen-bond acceptors (Lipinski definition) is 3. The van der Waals surface area contributed by atoms with E-state index in [-0.39, 0.29) is 6.04 Å². The van der Waals surface area contributed by atoms with Crippen LogP contribution in [-0.2, 0) is 6.42 Å². The van der Waals surface area contributed by atoms with Gasteiger partial charge in [0.25, 0.3) is 0 Å². The molecule has 0 aromatic carbocycles. The van der Waals surface area contributed by atoms with Crippen LogP contribution in [0.25, 0.3) is 0 Å². The highest BCUT2D eigenvalue weighted by Crippen LogP contribution is 2.22. The highest BCUT2D eigenvalue weighted by atomic mass is 79.9. The summed E-state index contributed by atoms with van der Waals surface area (Å²) in [4.78, 5) is 4.34. The molecular formula is C15H21BrN4. The van der Waals surface area contributed by atoms with E-state index in [1.54, 1.807) is 6.20 Å². The Labute approximate surface area is 128 Å². The molecule has 20 heavy (non-hydrogen) atoms. The lowest BCUT2D eigenvalue weighted by Crippen LogP contribution is -2.16. The summed E-state index contributed by atoms with van der Waals surface area (Å²) < 4.78 is 3.00. The molecule has 0 amide bonds. The molecule has 0 aliphatic carbocycles. The zero-order chi connectivity index (χ0) is 14.5. The standard InChI is InChI=1S/C15H21BrN4/c1-3-12(4-2)20-9-7-11(19-20)10-14(17)15-13(16)6-5-8-18-15/h5-9,12,14H,3-4,10,17H2,1-2H3. The molecule has 0 fully saturated rings. The summed E-state index contributed by atoms with van der Waals surface area (Å²) in [5.74, 6) is 0. The zero-order valence-corrected chi connectivity index (χ0v) is 13.5. The van der Waals surface area contributed by atoms with Gasteiger partial charge >= 0.3 is 0 Å². The van der Waals surface area contributed by atoms with E-state index in [0.29, 0.717) is 12.5 Å². The van der Waals surface area contributed by atoms with Gasteiger partial charge in [-0.15, -0.1) is 0 Å². The first-order chi connectivity index (χ1) is 9.65. The van der Waals surface area contributed by atoms with Gasteiger partial charge in [-0.25, -0.2) is 0 Å². The predicted molar refractivity (Wildman–Crippen MR) is 84.4 cm³/mol.